The van der Waals surface area contributed by atoms with Crippen LogP contribution in [0.15, 0.2) is 91.0 Å². The molecule has 0 aliphatic heterocycles. The SMILES string of the molecule is O=P(CS(=O)(=O)Cc1ccccc1)(c1ccccc1)c1ccccc1. The molecule has 0 heterocycles. The Kier molecular flexibility index (Phi) is 5.22. The van der Waals surface area contributed by atoms with Gasteiger partial charge < -0.3 is 4.57 Å². The van der Waals surface area contributed by atoms with Crippen LogP contribution in [0.25, 0.3) is 0 Å². The second-order valence-electron chi connectivity index (χ2n) is 5.91. The molecular weight excluding hydrogens is 351 g/mol. The molecule has 3 rings (SSSR count). The molecule has 0 unspecified atom stereocenters. The van der Waals surface area contributed by atoms with Crippen molar-refractivity contribution in [2.45, 2.75) is 5.75 Å². The topological polar surface area (TPSA) is 51.2 Å². The molecule has 0 bridgehead atoms. The van der Waals surface area contributed by atoms with Crippen molar-refractivity contribution in [2.75, 3.05) is 5.49 Å². The van der Waals surface area contributed by atoms with Gasteiger partial charge in [-0.15, -0.1) is 0 Å². The average molecular weight is 370 g/mol. The number of sulfone groups is 1. The zero-order valence-electron chi connectivity index (χ0n) is 13.7. The van der Waals surface area contributed by atoms with E-state index in [0.29, 0.717) is 16.2 Å². The largest absolute Gasteiger partial charge is 0.313 e. The molecule has 0 amide bonds. The molecule has 3 aromatic rings. The van der Waals surface area contributed by atoms with Crippen molar-refractivity contribution in [3.63, 3.8) is 0 Å². The van der Waals surface area contributed by atoms with Gasteiger partial charge in [-0.1, -0.05) is 91.0 Å². The summed E-state index contributed by atoms with van der Waals surface area (Å²) in [6.07, 6.45) is 0. The van der Waals surface area contributed by atoms with Crippen molar-refractivity contribution >= 4 is 27.6 Å². The van der Waals surface area contributed by atoms with E-state index in [-0.39, 0.29) is 11.2 Å². The van der Waals surface area contributed by atoms with E-state index in [1.165, 1.54) is 0 Å². The molecule has 0 aliphatic carbocycles. The van der Waals surface area contributed by atoms with Crippen LogP contribution in [0.1, 0.15) is 5.56 Å². The van der Waals surface area contributed by atoms with Gasteiger partial charge in [0.15, 0.2) is 17.0 Å². The smallest absolute Gasteiger partial charge is 0.162 e. The van der Waals surface area contributed by atoms with Gasteiger partial charge in [-0.05, 0) is 5.56 Å². The lowest BCUT2D eigenvalue weighted by Crippen LogP contribution is -2.23. The van der Waals surface area contributed by atoms with Crippen LogP contribution in [0, 0.1) is 0 Å². The molecule has 0 saturated carbocycles. The van der Waals surface area contributed by atoms with E-state index in [0.717, 1.165) is 0 Å². The maximum atomic E-state index is 13.8. The summed E-state index contributed by atoms with van der Waals surface area (Å²) in [5.74, 6) is -0.114. The van der Waals surface area contributed by atoms with Gasteiger partial charge in [0.05, 0.1) is 5.75 Å². The number of hydrogen-bond donors (Lipinski definition) is 0. The minimum Gasteiger partial charge on any atom is -0.313 e. The van der Waals surface area contributed by atoms with Gasteiger partial charge in [0.2, 0.25) is 0 Å². The van der Waals surface area contributed by atoms with Crippen molar-refractivity contribution < 1.29 is 13.0 Å². The quantitative estimate of drug-likeness (QED) is 0.623. The standard InChI is InChI=1S/C20H19O3PS/c21-24(19-12-6-2-7-13-19,20-14-8-3-9-15-20)17-25(22,23)16-18-10-4-1-5-11-18/h1-15H,16-17H2. The summed E-state index contributed by atoms with van der Waals surface area (Å²) in [7, 11) is -6.82. The van der Waals surface area contributed by atoms with Crippen LogP contribution >= 0.6 is 7.14 Å². The van der Waals surface area contributed by atoms with E-state index in [9.17, 15) is 13.0 Å². The lowest BCUT2D eigenvalue weighted by Gasteiger charge is -2.19. The normalized spacial score (nSPS) is 12.0. The minimum atomic E-state index is -3.55. The number of hydrogen-bond acceptors (Lipinski definition) is 3. The molecule has 0 aliphatic rings. The maximum absolute atomic E-state index is 13.8. The summed E-state index contributed by atoms with van der Waals surface area (Å²) in [5.41, 5.74) is 0.332. The Morgan fingerprint density at radius 1 is 0.640 bits per heavy atom. The third-order valence-corrected chi connectivity index (χ3v) is 10.0. The Hall–Kier alpha value is -2.16. The number of benzene rings is 3. The van der Waals surface area contributed by atoms with Crippen molar-refractivity contribution in [3.8, 4) is 0 Å². The molecule has 0 aromatic heterocycles. The fourth-order valence-electron chi connectivity index (χ4n) is 2.79. The van der Waals surface area contributed by atoms with Gasteiger partial charge in [-0.25, -0.2) is 8.42 Å². The molecule has 25 heavy (non-hydrogen) atoms. The van der Waals surface area contributed by atoms with E-state index in [1.807, 2.05) is 18.2 Å². The Labute approximate surface area is 148 Å². The average Bonchev–Trinajstić information content (AvgIpc) is 2.63. The first-order chi connectivity index (χ1) is 12.0. The first-order valence-electron chi connectivity index (χ1n) is 7.94. The van der Waals surface area contributed by atoms with Gasteiger partial charge in [0.1, 0.15) is 5.49 Å². The highest BCUT2D eigenvalue weighted by molar-refractivity contribution is 8.01. The van der Waals surface area contributed by atoms with Gasteiger partial charge in [-0.3, -0.25) is 0 Å². The van der Waals surface area contributed by atoms with E-state index in [4.69, 9.17) is 0 Å². The maximum Gasteiger partial charge on any atom is 0.162 e. The van der Waals surface area contributed by atoms with Crippen LogP contribution in [0.4, 0.5) is 0 Å². The molecule has 0 atom stereocenters. The molecule has 3 aromatic carbocycles. The van der Waals surface area contributed by atoms with Crippen LogP contribution in [-0.4, -0.2) is 13.9 Å². The predicted octanol–water partition coefficient (Wildman–Crippen LogP) is 3.57. The zero-order chi connectivity index (χ0) is 17.8. The monoisotopic (exact) mass is 370 g/mol. The van der Waals surface area contributed by atoms with Gasteiger partial charge >= 0.3 is 0 Å². The van der Waals surface area contributed by atoms with Gasteiger partial charge in [0, 0.05) is 10.6 Å². The van der Waals surface area contributed by atoms with E-state index in [1.54, 1.807) is 72.8 Å². The molecule has 0 N–H and O–H groups in total. The molecule has 0 spiro atoms. The highest BCUT2D eigenvalue weighted by atomic mass is 32.2. The molecule has 3 nitrogen and oxygen atoms in total. The second-order valence-corrected chi connectivity index (χ2v) is 11.2. The predicted molar refractivity (Wildman–Crippen MR) is 104 cm³/mol. The molecule has 0 fully saturated rings. The Morgan fingerprint density at radius 2 is 1.04 bits per heavy atom. The van der Waals surface area contributed by atoms with Gasteiger partial charge in [0.25, 0.3) is 0 Å². The summed E-state index contributed by atoms with van der Waals surface area (Å²) >= 11 is 0. The lowest BCUT2D eigenvalue weighted by atomic mass is 10.2. The van der Waals surface area contributed by atoms with Crippen LogP contribution in [0.3, 0.4) is 0 Å². The van der Waals surface area contributed by atoms with Crippen molar-refractivity contribution in [1.82, 2.24) is 0 Å². The van der Waals surface area contributed by atoms with Crippen molar-refractivity contribution in [3.05, 3.63) is 96.6 Å². The highest BCUT2D eigenvalue weighted by Gasteiger charge is 2.33. The van der Waals surface area contributed by atoms with Crippen molar-refractivity contribution in [1.29, 1.82) is 0 Å². The molecular formula is C20H19O3PS. The lowest BCUT2D eigenvalue weighted by molar-refractivity contribution is 0.584. The summed E-state index contributed by atoms with van der Waals surface area (Å²) in [6, 6.07) is 26.8. The molecule has 0 radical (unpaired) electrons. The summed E-state index contributed by atoms with van der Waals surface area (Å²) in [4.78, 5) is 0. The van der Waals surface area contributed by atoms with Crippen molar-refractivity contribution in [2.24, 2.45) is 0 Å². The number of rotatable bonds is 6. The van der Waals surface area contributed by atoms with Crippen LogP contribution < -0.4 is 10.6 Å². The Balaban J connectivity index is 2.00. The van der Waals surface area contributed by atoms with E-state index >= 15 is 0 Å². The highest BCUT2D eigenvalue weighted by Crippen LogP contribution is 2.45. The van der Waals surface area contributed by atoms with Crippen LogP contribution in [-0.2, 0) is 20.2 Å². The van der Waals surface area contributed by atoms with E-state index in [2.05, 4.69) is 0 Å². The van der Waals surface area contributed by atoms with E-state index < -0.39 is 17.0 Å². The Bertz CT molecular complexity index is 926. The minimum absolute atomic E-state index is 0.114. The molecule has 5 heteroatoms. The van der Waals surface area contributed by atoms with Crippen LogP contribution in [0.2, 0.25) is 0 Å². The fraction of sp³-hybridized carbons (Fsp3) is 0.100. The molecule has 0 saturated heterocycles. The third kappa shape index (κ3) is 4.28. The van der Waals surface area contributed by atoms with Crippen LogP contribution in [0.5, 0.6) is 0 Å². The Morgan fingerprint density at radius 3 is 1.48 bits per heavy atom. The fourth-order valence-corrected chi connectivity index (χ4v) is 8.87. The first-order valence-corrected chi connectivity index (χ1v) is 11.7. The summed E-state index contributed by atoms with van der Waals surface area (Å²) < 4.78 is 39.4. The molecule has 128 valence electrons. The summed E-state index contributed by atoms with van der Waals surface area (Å²) in [5, 5.41) is 1.13. The zero-order valence-corrected chi connectivity index (χ0v) is 15.4. The summed E-state index contributed by atoms with van der Waals surface area (Å²) in [6.45, 7) is 0. The third-order valence-electron chi connectivity index (χ3n) is 3.95. The first kappa shape index (κ1) is 17.7. The second kappa shape index (κ2) is 7.38. The van der Waals surface area contributed by atoms with Gasteiger partial charge in [-0.2, -0.15) is 0 Å².